The number of aromatic carboxylic acids is 1. The molecule has 3 aromatic rings. The van der Waals surface area contributed by atoms with Crippen molar-refractivity contribution in [2.75, 3.05) is 0 Å². The molecule has 1 aromatic heterocycles. The molecule has 0 amide bonds. The number of benzene rings is 2. The van der Waals surface area contributed by atoms with E-state index in [1.54, 1.807) is 18.2 Å². The van der Waals surface area contributed by atoms with Gasteiger partial charge in [-0.3, -0.25) is 0 Å². The molecule has 4 nitrogen and oxygen atoms in total. The Balaban J connectivity index is 2.06. The molecule has 0 saturated heterocycles. The summed E-state index contributed by atoms with van der Waals surface area (Å²) in [6, 6.07) is 11.5. The van der Waals surface area contributed by atoms with E-state index < -0.39 is 17.7 Å². The molecular weight excluding hydrogens is 333 g/mol. The molecule has 0 bridgehead atoms. The van der Waals surface area contributed by atoms with Crippen LogP contribution in [0.25, 0.3) is 11.4 Å². The predicted molar refractivity (Wildman–Crippen MR) is 85.2 cm³/mol. The average molecular weight is 346 g/mol. The SMILES string of the molecule is O=C(O)c1ccccc1Cn1ccnc1-c1ccccc1C(F)(F)F. The highest BCUT2D eigenvalue weighted by Gasteiger charge is 2.34. The minimum atomic E-state index is -4.51. The van der Waals surface area contributed by atoms with Crippen molar-refractivity contribution < 1.29 is 23.1 Å². The Kier molecular flexibility index (Phi) is 4.31. The van der Waals surface area contributed by atoms with Gasteiger partial charge in [0, 0.05) is 24.5 Å². The number of carboxylic acids is 1. The fourth-order valence-corrected chi connectivity index (χ4v) is 2.66. The van der Waals surface area contributed by atoms with Gasteiger partial charge in [-0.05, 0) is 17.7 Å². The third kappa shape index (κ3) is 3.40. The second-order valence-electron chi connectivity index (χ2n) is 5.38. The van der Waals surface area contributed by atoms with Gasteiger partial charge in [0.1, 0.15) is 5.82 Å². The van der Waals surface area contributed by atoms with E-state index in [-0.39, 0.29) is 23.5 Å². The molecular formula is C18H13F3N2O2. The predicted octanol–water partition coefficient (Wildman–Crippen LogP) is 4.32. The molecule has 0 atom stereocenters. The number of halogens is 3. The van der Waals surface area contributed by atoms with Gasteiger partial charge in [-0.2, -0.15) is 13.2 Å². The Hall–Kier alpha value is -3.09. The van der Waals surface area contributed by atoms with Gasteiger partial charge in [-0.15, -0.1) is 0 Å². The zero-order chi connectivity index (χ0) is 18.0. The van der Waals surface area contributed by atoms with Crippen molar-refractivity contribution in [3.8, 4) is 11.4 Å². The lowest BCUT2D eigenvalue weighted by molar-refractivity contribution is -0.137. The van der Waals surface area contributed by atoms with Crippen molar-refractivity contribution in [3.05, 3.63) is 77.6 Å². The zero-order valence-electron chi connectivity index (χ0n) is 12.9. The normalized spacial score (nSPS) is 11.5. The summed E-state index contributed by atoms with van der Waals surface area (Å²) in [4.78, 5) is 15.4. The first kappa shape index (κ1) is 16.8. The summed E-state index contributed by atoms with van der Waals surface area (Å²) in [6.45, 7) is 0.101. The van der Waals surface area contributed by atoms with E-state index >= 15 is 0 Å². The summed E-state index contributed by atoms with van der Waals surface area (Å²) < 4.78 is 41.3. The molecule has 25 heavy (non-hydrogen) atoms. The Morgan fingerprint density at radius 3 is 2.48 bits per heavy atom. The molecule has 0 spiro atoms. The Morgan fingerprint density at radius 2 is 1.76 bits per heavy atom. The smallest absolute Gasteiger partial charge is 0.417 e. The highest BCUT2D eigenvalue weighted by atomic mass is 19.4. The Bertz CT molecular complexity index is 916. The van der Waals surface area contributed by atoms with Crippen LogP contribution in [0.15, 0.2) is 60.9 Å². The van der Waals surface area contributed by atoms with Crippen LogP contribution in [0.4, 0.5) is 13.2 Å². The van der Waals surface area contributed by atoms with Crippen molar-refractivity contribution in [1.82, 2.24) is 9.55 Å². The molecule has 0 aliphatic rings. The Morgan fingerprint density at radius 1 is 1.08 bits per heavy atom. The van der Waals surface area contributed by atoms with Gasteiger partial charge in [0.2, 0.25) is 0 Å². The first-order valence-corrected chi connectivity index (χ1v) is 7.37. The third-order valence-corrected chi connectivity index (χ3v) is 3.78. The number of aromatic nitrogens is 2. The molecule has 128 valence electrons. The number of alkyl halides is 3. The van der Waals surface area contributed by atoms with Crippen molar-refractivity contribution in [3.63, 3.8) is 0 Å². The molecule has 0 radical (unpaired) electrons. The van der Waals surface area contributed by atoms with Crippen LogP contribution in [0.5, 0.6) is 0 Å². The number of nitrogens with zero attached hydrogens (tertiary/aromatic N) is 2. The number of carboxylic acid groups (broad SMARTS) is 1. The van der Waals surface area contributed by atoms with Crippen molar-refractivity contribution in [2.45, 2.75) is 12.7 Å². The average Bonchev–Trinajstić information content (AvgIpc) is 3.02. The Labute approximate surface area is 141 Å². The van der Waals surface area contributed by atoms with Crippen LogP contribution in [-0.4, -0.2) is 20.6 Å². The highest BCUT2D eigenvalue weighted by Crippen LogP contribution is 2.36. The van der Waals surface area contributed by atoms with Crippen LogP contribution >= 0.6 is 0 Å². The van der Waals surface area contributed by atoms with Crippen LogP contribution in [0.3, 0.4) is 0 Å². The van der Waals surface area contributed by atoms with Crippen molar-refractivity contribution in [2.24, 2.45) is 0 Å². The quantitative estimate of drug-likeness (QED) is 0.766. The van der Waals surface area contributed by atoms with Crippen molar-refractivity contribution >= 4 is 5.97 Å². The van der Waals surface area contributed by atoms with Crippen LogP contribution in [0.1, 0.15) is 21.5 Å². The van der Waals surface area contributed by atoms with E-state index in [1.807, 2.05) is 0 Å². The molecule has 1 heterocycles. The number of carbonyl (C=O) groups is 1. The molecule has 0 fully saturated rings. The molecule has 0 aliphatic heterocycles. The van der Waals surface area contributed by atoms with Crippen LogP contribution < -0.4 is 0 Å². The molecule has 0 aliphatic carbocycles. The fourth-order valence-electron chi connectivity index (χ4n) is 2.66. The maximum absolute atomic E-state index is 13.3. The van der Waals surface area contributed by atoms with Gasteiger partial charge >= 0.3 is 12.1 Å². The minimum absolute atomic E-state index is 0.0483. The fraction of sp³-hybridized carbons (Fsp3) is 0.111. The summed E-state index contributed by atoms with van der Waals surface area (Å²) in [5, 5.41) is 9.26. The molecule has 0 unspecified atom stereocenters. The molecule has 0 saturated carbocycles. The highest BCUT2D eigenvalue weighted by molar-refractivity contribution is 5.89. The standard InChI is InChI=1S/C18H13F3N2O2/c19-18(20,21)15-8-4-3-7-14(15)16-22-9-10-23(16)11-12-5-1-2-6-13(12)17(24)25/h1-10H,11H2,(H,24,25). The van der Waals surface area contributed by atoms with Gasteiger partial charge in [0.15, 0.2) is 0 Å². The van der Waals surface area contributed by atoms with Gasteiger partial charge in [0.25, 0.3) is 0 Å². The maximum Gasteiger partial charge on any atom is 0.417 e. The lowest BCUT2D eigenvalue weighted by Gasteiger charge is -2.14. The van der Waals surface area contributed by atoms with E-state index in [4.69, 9.17) is 0 Å². The maximum atomic E-state index is 13.3. The second-order valence-corrected chi connectivity index (χ2v) is 5.38. The number of rotatable bonds is 4. The summed E-state index contributed by atoms with van der Waals surface area (Å²) in [5.74, 6) is -0.957. The van der Waals surface area contributed by atoms with E-state index in [2.05, 4.69) is 4.98 Å². The van der Waals surface area contributed by atoms with Crippen LogP contribution in [-0.2, 0) is 12.7 Å². The van der Waals surface area contributed by atoms with Gasteiger partial charge in [-0.25, -0.2) is 9.78 Å². The lowest BCUT2D eigenvalue weighted by Crippen LogP contribution is -2.11. The van der Waals surface area contributed by atoms with E-state index in [9.17, 15) is 23.1 Å². The molecule has 3 rings (SSSR count). The topological polar surface area (TPSA) is 55.1 Å². The zero-order valence-corrected chi connectivity index (χ0v) is 12.9. The summed E-state index contributed by atoms with van der Waals surface area (Å²) in [5.41, 5.74) is -0.244. The number of imidazole rings is 1. The summed E-state index contributed by atoms with van der Waals surface area (Å²) in [7, 11) is 0. The molecule has 1 N–H and O–H groups in total. The second kappa shape index (κ2) is 6.43. The third-order valence-electron chi connectivity index (χ3n) is 3.78. The van der Waals surface area contributed by atoms with Crippen LogP contribution in [0.2, 0.25) is 0 Å². The number of hydrogen-bond donors (Lipinski definition) is 1. The summed E-state index contributed by atoms with van der Waals surface area (Å²) >= 11 is 0. The molecule has 7 heteroatoms. The first-order valence-electron chi connectivity index (χ1n) is 7.37. The van der Waals surface area contributed by atoms with Crippen molar-refractivity contribution in [1.29, 1.82) is 0 Å². The first-order chi connectivity index (χ1) is 11.9. The van der Waals surface area contributed by atoms with E-state index in [0.29, 0.717) is 5.56 Å². The van der Waals surface area contributed by atoms with E-state index in [0.717, 1.165) is 6.07 Å². The van der Waals surface area contributed by atoms with Gasteiger partial charge < -0.3 is 9.67 Å². The minimum Gasteiger partial charge on any atom is -0.478 e. The number of hydrogen-bond acceptors (Lipinski definition) is 2. The lowest BCUT2D eigenvalue weighted by atomic mass is 10.1. The monoisotopic (exact) mass is 346 g/mol. The molecule has 2 aromatic carbocycles. The van der Waals surface area contributed by atoms with E-state index in [1.165, 1.54) is 41.2 Å². The van der Waals surface area contributed by atoms with Gasteiger partial charge in [0.05, 0.1) is 11.1 Å². The largest absolute Gasteiger partial charge is 0.478 e. The summed E-state index contributed by atoms with van der Waals surface area (Å²) in [6.07, 6.45) is -1.58. The van der Waals surface area contributed by atoms with Crippen LogP contribution in [0, 0.1) is 0 Å². The van der Waals surface area contributed by atoms with Gasteiger partial charge in [-0.1, -0.05) is 36.4 Å².